The van der Waals surface area contributed by atoms with Gasteiger partial charge in [0.25, 0.3) is 5.91 Å². The van der Waals surface area contributed by atoms with Crippen LogP contribution in [0.2, 0.25) is 0 Å². The minimum atomic E-state index is -0.440. The van der Waals surface area contributed by atoms with E-state index in [1.54, 1.807) is 0 Å². The molecule has 1 N–H and O–H groups in total. The summed E-state index contributed by atoms with van der Waals surface area (Å²) in [5, 5.41) is 2.88. The SMILES string of the molecule is O=C(NCC1(CCl)CC1)C1COCCO1. The van der Waals surface area contributed by atoms with Crippen molar-refractivity contribution in [1.82, 2.24) is 5.32 Å². The van der Waals surface area contributed by atoms with E-state index in [9.17, 15) is 4.79 Å². The molecule has 15 heavy (non-hydrogen) atoms. The van der Waals surface area contributed by atoms with Gasteiger partial charge in [0.2, 0.25) is 0 Å². The fourth-order valence-electron chi connectivity index (χ4n) is 1.56. The summed E-state index contributed by atoms with van der Waals surface area (Å²) < 4.78 is 10.5. The molecule has 1 atom stereocenters. The molecule has 2 aliphatic rings. The molecular formula is C10H16ClNO3. The predicted molar refractivity (Wildman–Crippen MR) is 56.0 cm³/mol. The molecule has 0 aromatic carbocycles. The van der Waals surface area contributed by atoms with Gasteiger partial charge >= 0.3 is 0 Å². The molecule has 1 unspecified atom stereocenters. The number of amides is 1. The Labute approximate surface area is 94.3 Å². The smallest absolute Gasteiger partial charge is 0.251 e. The molecule has 2 fully saturated rings. The fraction of sp³-hybridized carbons (Fsp3) is 0.900. The lowest BCUT2D eigenvalue weighted by Crippen LogP contribution is -2.44. The third-order valence-electron chi connectivity index (χ3n) is 2.99. The first-order valence-corrected chi connectivity index (χ1v) is 5.82. The van der Waals surface area contributed by atoms with Gasteiger partial charge in [0, 0.05) is 17.8 Å². The second-order valence-electron chi connectivity index (χ2n) is 4.29. The molecular weight excluding hydrogens is 218 g/mol. The van der Waals surface area contributed by atoms with Gasteiger partial charge in [-0.3, -0.25) is 4.79 Å². The molecule has 0 aromatic heterocycles. The number of alkyl halides is 1. The van der Waals surface area contributed by atoms with Crippen molar-refractivity contribution in [1.29, 1.82) is 0 Å². The lowest BCUT2D eigenvalue weighted by atomic mass is 10.1. The Hall–Kier alpha value is -0.320. The first-order chi connectivity index (χ1) is 7.26. The van der Waals surface area contributed by atoms with E-state index in [1.165, 1.54) is 0 Å². The van der Waals surface area contributed by atoms with Crippen molar-refractivity contribution in [2.45, 2.75) is 18.9 Å². The maximum Gasteiger partial charge on any atom is 0.251 e. The molecule has 5 heteroatoms. The molecule has 2 rings (SSSR count). The molecule has 1 saturated heterocycles. The maximum atomic E-state index is 11.6. The van der Waals surface area contributed by atoms with Crippen LogP contribution in [-0.2, 0) is 14.3 Å². The first-order valence-electron chi connectivity index (χ1n) is 5.29. The maximum absolute atomic E-state index is 11.6. The van der Waals surface area contributed by atoms with Crippen molar-refractivity contribution in [3.63, 3.8) is 0 Å². The van der Waals surface area contributed by atoms with Gasteiger partial charge in [-0.05, 0) is 12.8 Å². The van der Waals surface area contributed by atoms with E-state index < -0.39 is 6.10 Å². The number of halogens is 1. The zero-order chi connectivity index (χ0) is 10.7. The van der Waals surface area contributed by atoms with Gasteiger partial charge in [0.1, 0.15) is 0 Å². The average Bonchev–Trinajstić information content (AvgIpc) is 3.08. The van der Waals surface area contributed by atoms with Crippen LogP contribution in [0.15, 0.2) is 0 Å². The summed E-state index contributed by atoms with van der Waals surface area (Å²) in [6, 6.07) is 0. The van der Waals surface area contributed by atoms with E-state index in [1.807, 2.05) is 0 Å². The minimum absolute atomic E-state index is 0.0777. The summed E-state index contributed by atoms with van der Waals surface area (Å²) in [6.45, 7) is 2.10. The highest BCUT2D eigenvalue weighted by Crippen LogP contribution is 2.45. The molecule has 0 aromatic rings. The molecule has 1 saturated carbocycles. The summed E-state index contributed by atoms with van der Waals surface area (Å²) in [5.74, 6) is 0.543. The molecule has 1 amide bonds. The quantitative estimate of drug-likeness (QED) is 0.721. The van der Waals surface area contributed by atoms with Gasteiger partial charge in [0.05, 0.1) is 19.8 Å². The van der Waals surface area contributed by atoms with Crippen LogP contribution < -0.4 is 5.32 Å². The fourth-order valence-corrected chi connectivity index (χ4v) is 1.92. The van der Waals surface area contributed by atoms with Crippen molar-refractivity contribution < 1.29 is 14.3 Å². The van der Waals surface area contributed by atoms with Gasteiger partial charge in [-0.2, -0.15) is 0 Å². The van der Waals surface area contributed by atoms with Gasteiger partial charge in [-0.15, -0.1) is 11.6 Å². The second kappa shape index (κ2) is 4.68. The number of hydrogen-bond acceptors (Lipinski definition) is 3. The number of nitrogens with one attached hydrogen (secondary N) is 1. The summed E-state index contributed by atoms with van der Waals surface area (Å²) in [6.07, 6.45) is 1.78. The van der Waals surface area contributed by atoms with Crippen LogP contribution in [0.4, 0.5) is 0 Å². The van der Waals surface area contributed by atoms with Crippen LogP contribution in [0.25, 0.3) is 0 Å². The van der Waals surface area contributed by atoms with Gasteiger partial charge in [-0.1, -0.05) is 0 Å². The van der Waals surface area contributed by atoms with Crippen LogP contribution in [0, 0.1) is 5.41 Å². The highest BCUT2D eigenvalue weighted by molar-refractivity contribution is 6.18. The Balaban J connectivity index is 1.72. The molecule has 0 spiro atoms. The van der Waals surface area contributed by atoms with E-state index in [-0.39, 0.29) is 11.3 Å². The molecule has 1 aliphatic heterocycles. The van der Waals surface area contributed by atoms with Crippen molar-refractivity contribution in [3.05, 3.63) is 0 Å². The van der Waals surface area contributed by atoms with Crippen molar-refractivity contribution in [3.8, 4) is 0 Å². The standard InChI is InChI=1S/C10H16ClNO3/c11-6-10(1-2-10)7-12-9(13)8-5-14-3-4-15-8/h8H,1-7H2,(H,12,13). The Morgan fingerprint density at radius 2 is 2.27 bits per heavy atom. The Kier molecular flexibility index (Phi) is 3.49. The van der Waals surface area contributed by atoms with Crippen molar-refractivity contribution >= 4 is 17.5 Å². The molecule has 1 aliphatic carbocycles. The van der Waals surface area contributed by atoms with E-state index in [4.69, 9.17) is 21.1 Å². The van der Waals surface area contributed by atoms with Crippen molar-refractivity contribution in [2.24, 2.45) is 5.41 Å². The Morgan fingerprint density at radius 1 is 1.47 bits per heavy atom. The summed E-state index contributed by atoms with van der Waals surface area (Å²) >= 11 is 5.82. The zero-order valence-corrected chi connectivity index (χ0v) is 9.39. The monoisotopic (exact) mass is 233 g/mol. The molecule has 4 nitrogen and oxygen atoms in total. The van der Waals surface area contributed by atoms with Gasteiger partial charge < -0.3 is 14.8 Å². The van der Waals surface area contributed by atoms with Crippen molar-refractivity contribution in [2.75, 3.05) is 32.2 Å². The number of carbonyl (C=O) groups is 1. The summed E-state index contributed by atoms with van der Waals surface area (Å²) in [7, 11) is 0. The first kappa shape index (κ1) is 11.2. The van der Waals surface area contributed by atoms with Crippen LogP contribution >= 0.6 is 11.6 Å². The number of hydrogen-bond donors (Lipinski definition) is 1. The number of rotatable bonds is 4. The second-order valence-corrected chi connectivity index (χ2v) is 4.55. The highest BCUT2D eigenvalue weighted by atomic mass is 35.5. The van der Waals surface area contributed by atoms with E-state index in [0.717, 1.165) is 12.8 Å². The topological polar surface area (TPSA) is 47.6 Å². The summed E-state index contributed by atoms with van der Waals surface area (Å²) in [5.41, 5.74) is 0.159. The minimum Gasteiger partial charge on any atom is -0.376 e. The van der Waals surface area contributed by atoms with Crippen LogP contribution in [0.3, 0.4) is 0 Å². The molecule has 1 heterocycles. The average molecular weight is 234 g/mol. The predicted octanol–water partition coefficient (Wildman–Crippen LogP) is 0.537. The number of carbonyl (C=O) groups excluding carboxylic acids is 1. The highest BCUT2D eigenvalue weighted by Gasteiger charge is 2.42. The van der Waals surface area contributed by atoms with Gasteiger partial charge in [0.15, 0.2) is 6.10 Å². The van der Waals surface area contributed by atoms with Crippen LogP contribution in [0.5, 0.6) is 0 Å². The Morgan fingerprint density at radius 3 is 2.80 bits per heavy atom. The number of ether oxygens (including phenoxy) is 2. The molecule has 86 valence electrons. The third-order valence-corrected chi connectivity index (χ3v) is 3.55. The van der Waals surface area contributed by atoms with Crippen LogP contribution in [0.1, 0.15) is 12.8 Å². The van der Waals surface area contributed by atoms with Gasteiger partial charge in [-0.25, -0.2) is 0 Å². The zero-order valence-electron chi connectivity index (χ0n) is 8.63. The lowest BCUT2D eigenvalue weighted by Gasteiger charge is -2.23. The van der Waals surface area contributed by atoms with Crippen LogP contribution in [-0.4, -0.2) is 44.3 Å². The van der Waals surface area contributed by atoms with E-state index >= 15 is 0 Å². The third kappa shape index (κ3) is 2.83. The normalized spacial score (nSPS) is 28.5. The summed E-state index contributed by atoms with van der Waals surface area (Å²) in [4.78, 5) is 11.6. The Bertz CT molecular complexity index is 237. The lowest BCUT2D eigenvalue weighted by molar-refractivity contribution is -0.147. The largest absolute Gasteiger partial charge is 0.376 e. The molecule has 0 bridgehead atoms. The van der Waals surface area contributed by atoms with E-state index in [2.05, 4.69) is 5.32 Å². The molecule has 0 radical (unpaired) electrons. The van der Waals surface area contributed by atoms with E-state index in [0.29, 0.717) is 32.2 Å².